The molecule has 0 aliphatic heterocycles. The molecule has 0 heterocycles. The Bertz CT molecular complexity index is 1040. The van der Waals surface area contributed by atoms with Crippen molar-refractivity contribution in [1.82, 2.24) is 0 Å². The van der Waals surface area contributed by atoms with Crippen molar-refractivity contribution in [3.05, 3.63) is 101 Å². The van der Waals surface area contributed by atoms with E-state index < -0.39 is 5.97 Å². The van der Waals surface area contributed by atoms with E-state index in [1.54, 1.807) is 43.3 Å². The minimum atomic E-state index is -0.499. The van der Waals surface area contributed by atoms with Gasteiger partial charge in [-0.2, -0.15) is 0 Å². The maximum absolute atomic E-state index is 12.5. The third-order valence-electron chi connectivity index (χ3n) is 4.30. The molecule has 0 saturated heterocycles. The van der Waals surface area contributed by atoms with Crippen molar-refractivity contribution >= 4 is 17.8 Å². The molecule has 3 rings (SSSR count). The number of esters is 1. The molecule has 0 radical (unpaired) electrons. The molecular formula is C25H22O4. The topological polar surface area (TPSA) is 52.6 Å². The lowest BCUT2D eigenvalue weighted by molar-refractivity contribution is -0.128. The smallest absolute Gasteiger partial charge is 0.336 e. The van der Waals surface area contributed by atoms with Crippen molar-refractivity contribution < 1.29 is 19.1 Å². The van der Waals surface area contributed by atoms with Gasteiger partial charge in [0, 0.05) is 22.8 Å². The lowest BCUT2D eigenvalue weighted by Gasteiger charge is -2.08. The molecule has 0 saturated carbocycles. The molecule has 0 bridgehead atoms. The number of para-hydroxylation sites is 1. The molecule has 0 atom stereocenters. The number of hydrogen-bond acceptors (Lipinski definition) is 4. The third kappa shape index (κ3) is 5.20. The summed E-state index contributed by atoms with van der Waals surface area (Å²) >= 11 is 0. The first-order valence-corrected chi connectivity index (χ1v) is 9.40. The highest BCUT2D eigenvalue weighted by Gasteiger charge is 2.12. The van der Waals surface area contributed by atoms with Crippen LogP contribution in [0.4, 0.5) is 0 Å². The van der Waals surface area contributed by atoms with E-state index in [-0.39, 0.29) is 5.78 Å². The summed E-state index contributed by atoms with van der Waals surface area (Å²) in [5, 5.41) is 0. The zero-order chi connectivity index (χ0) is 20.6. The molecule has 0 fully saturated rings. The molecule has 0 N–H and O–H groups in total. The average molecular weight is 386 g/mol. The highest BCUT2D eigenvalue weighted by molar-refractivity contribution is 6.09. The number of ether oxygens (including phenoxy) is 2. The van der Waals surface area contributed by atoms with Crippen molar-refractivity contribution in [3.8, 4) is 11.5 Å². The van der Waals surface area contributed by atoms with Gasteiger partial charge in [0.15, 0.2) is 5.78 Å². The first-order chi connectivity index (χ1) is 14.1. The summed E-state index contributed by atoms with van der Waals surface area (Å²) in [4.78, 5) is 24.8. The third-order valence-corrected chi connectivity index (χ3v) is 4.30. The number of benzene rings is 3. The van der Waals surface area contributed by atoms with Gasteiger partial charge in [0.2, 0.25) is 0 Å². The molecule has 3 aromatic rings. The predicted molar refractivity (Wildman–Crippen MR) is 113 cm³/mol. The molecule has 29 heavy (non-hydrogen) atoms. The van der Waals surface area contributed by atoms with Crippen molar-refractivity contribution in [2.75, 3.05) is 6.61 Å². The predicted octanol–water partition coefficient (Wildman–Crippen LogP) is 5.24. The molecule has 4 heteroatoms. The number of hydrogen-bond donors (Lipinski definition) is 0. The first-order valence-electron chi connectivity index (χ1n) is 9.40. The van der Waals surface area contributed by atoms with Crippen molar-refractivity contribution in [3.63, 3.8) is 0 Å². The molecule has 0 amide bonds. The Labute approximate surface area is 170 Å². The summed E-state index contributed by atoms with van der Waals surface area (Å²) in [6.45, 7) is 4.25. The van der Waals surface area contributed by atoms with Gasteiger partial charge >= 0.3 is 5.97 Å². The Hall–Kier alpha value is -3.66. The molecule has 0 aliphatic carbocycles. The Morgan fingerprint density at radius 1 is 0.862 bits per heavy atom. The van der Waals surface area contributed by atoms with Gasteiger partial charge in [-0.1, -0.05) is 48.5 Å². The van der Waals surface area contributed by atoms with Crippen LogP contribution in [0.5, 0.6) is 11.5 Å². The lowest BCUT2D eigenvalue weighted by Crippen LogP contribution is -2.06. The lowest BCUT2D eigenvalue weighted by atomic mass is 10.0. The SMILES string of the molecule is CCOc1ccccc1/C=C/C(=O)Oc1ccc(C(=O)c2ccccc2)cc1C. The van der Waals surface area contributed by atoms with Gasteiger partial charge in [0.25, 0.3) is 0 Å². The molecule has 0 aliphatic rings. The summed E-state index contributed by atoms with van der Waals surface area (Å²) in [6.07, 6.45) is 3.02. The van der Waals surface area contributed by atoms with Crippen molar-refractivity contribution in [2.24, 2.45) is 0 Å². The monoisotopic (exact) mass is 386 g/mol. The zero-order valence-corrected chi connectivity index (χ0v) is 16.4. The molecular weight excluding hydrogens is 364 g/mol. The second kappa shape index (κ2) is 9.51. The first kappa shape index (κ1) is 20.1. The van der Waals surface area contributed by atoms with E-state index in [4.69, 9.17) is 9.47 Å². The van der Waals surface area contributed by atoms with Crippen LogP contribution in [0.3, 0.4) is 0 Å². The maximum atomic E-state index is 12.5. The van der Waals surface area contributed by atoms with Crippen LogP contribution in [0.25, 0.3) is 6.08 Å². The Morgan fingerprint density at radius 2 is 1.59 bits per heavy atom. The average Bonchev–Trinajstić information content (AvgIpc) is 2.75. The van der Waals surface area contributed by atoms with Crippen LogP contribution >= 0.6 is 0 Å². The molecule has 3 aromatic carbocycles. The van der Waals surface area contributed by atoms with Crippen LogP contribution in [0.2, 0.25) is 0 Å². The number of ketones is 1. The standard InChI is InChI=1S/C25H22O4/c1-3-28-23-12-8-7-9-19(23)14-16-24(26)29-22-15-13-21(17-18(22)2)25(27)20-10-5-4-6-11-20/h4-17H,3H2,1-2H3/b16-14+. The summed E-state index contributed by atoms with van der Waals surface area (Å²) < 4.78 is 11.0. The molecule has 0 unspecified atom stereocenters. The van der Waals surface area contributed by atoms with Crippen molar-refractivity contribution in [1.29, 1.82) is 0 Å². The normalized spacial score (nSPS) is 10.7. The largest absolute Gasteiger partial charge is 0.493 e. The summed E-state index contributed by atoms with van der Waals surface area (Å²) in [6, 6.07) is 21.6. The van der Waals surface area contributed by atoms with E-state index in [1.807, 2.05) is 49.4 Å². The zero-order valence-electron chi connectivity index (χ0n) is 16.4. The highest BCUT2D eigenvalue weighted by atomic mass is 16.5. The fraction of sp³-hybridized carbons (Fsp3) is 0.120. The molecule has 4 nitrogen and oxygen atoms in total. The molecule has 0 aromatic heterocycles. The van der Waals surface area contributed by atoms with Crippen LogP contribution in [0.15, 0.2) is 78.9 Å². The van der Waals surface area contributed by atoms with E-state index in [0.717, 1.165) is 5.56 Å². The second-order valence-corrected chi connectivity index (χ2v) is 6.40. The number of carbonyl (C=O) groups is 2. The Morgan fingerprint density at radius 3 is 2.31 bits per heavy atom. The van der Waals surface area contributed by atoms with Crippen LogP contribution in [-0.2, 0) is 4.79 Å². The summed E-state index contributed by atoms with van der Waals surface area (Å²) in [5.41, 5.74) is 2.68. The summed E-state index contributed by atoms with van der Waals surface area (Å²) in [5.74, 6) is 0.557. The van der Waals surface area contributed by atoms with E-state index in [1.165, 1.54) is 6.08 Å². The fourth-order valence-corrected chi connectivity index (χ4v) is 2.87. The van der Waals surface area contributed by atoms with Crippen LogP contribution in [-0.4, -0.2) is 18.4 Å². The fourth-order valence-electron chi connectivity index (χ4n) is 2.87. The minimum absolute atomic E-state index is 0.0704. The number of carbonyl (C=O) groups excluding carboxylic acids is 2. The van der Waals surface area contributed by atoms with E-state index in [2.05, 4.69) is 0 Å². The van der Waals surface area contributed by atoms with Gasteiger partial charge in [-0.05, 0) is 49.8 Å². The van der Waals surface area contributed by atoms with Crippen LogP contribution in [0.1, 0.15) is 34.0 Å². The quantitative estimate of drug-likeness (QED) is 0.241. The number of rotatable bonds is 7. The Kier molecular flexibility index (Phi) is 6.59. The molecule has 146 valence electrons. The Balaban J connectivity index is 1.70. The van der Waals surface area contributed by atoms with Gasteiger partial charge in [0.1, 0.15) is 11.5 Å². The van der Waals surface area contributed by atoms with E-state index >= 15 is 0 Å². The van der Waals surface area contributed by atoms with E-state index in [0.29, 0.717) is 34.8 Å². The highest BCUT2D eigenvalue weighted by Crippen LogP contribution is 2.22. The van der Waals surface area contributed by atoms with Gasteiger partial charge in [-0.25, -0.2) is 4.79 Å². The van der Waals surface area contributed by atoms with Gasteiger partial charge in [-0.15, -0.1) is 0 Å². The van der Waals surface area contributed by atoms with Gasteiger partial charge in [-0.3, -0.25) is 4.79 Å². The van der Waals surface area contributed by atoms with Crippen molar-refractivity contribution in [2.45, 2.75) is 13.8 Å². The summed E-state index contributed by atoms with van der Waals surface area (Å²) in [7, 11) is 0. The van der Waals surface area contributed by atoms with Gasteiger partial charge in [0.05, 0.1) is 6.61 Å². The van der Waals surface area contributed by atoms with Gasteiger partial charge < -0.3 is 9.47 Å². The van der Waals surface area contributed by atoms with Crippen LogP contribution in [0, 0.1) is 6.92 Å². The number of aryl methyl sites for hydroxylation is 1. The minimum Gasteiger partial charge on any atom is -0.493 e. The van der Waals surface area contributed by atoms with Crippen LogP contribution < -0.4 is 9.47 Å². The maximum Gasteiger partial charge on any atom is 0.336 e. The van der Waals surface area contributed by atoms with E-state index in [9.17, 15) is 9.59 Å². The second-order valence-electron chi connectivity index (χ2n) is 6.40. The molecule has 0 spiro atoms.